The minimum atomic E-state index is -0.440. The Hall–Kier alpha value is -1.43. The van der Waals surface area contributed by atoms with Crippen LogP contribution < -0.4 is 4.90 Å². The van der Waals surface area contributed by atoms with E-state index in [1.54, 1.807) is 6.92 Å². The van der Waals surface area contributed by atoms with Crippen LogP contribution in [-0.4, -0.2) is 17.4 Å². The number of carbonyl (C=O) groups is 1. The fourth-order valence-electron chi connectivity index (χ4n) is 2.07. The summed E-state index contributed by atoms with van der Waals surface area (Å²) in [5.74, 6) is -0.0748. The number of halogens is 1. The first kappa shape index (κ1) is 12.0. The van der Waals surface area contributed by atoms with Gasteiger partial charge in [-0.3, -0.25) is 14.9 Å². The molecule has 0 N–H and O–H groups in total. The zero-order chi connectivity index (χ0) is 12.6. The number of hydrogen-bond acceptors (Lipinski definition) is 3. The van der Waals surface area contributed by atoms with Gasteiger partial charge in [0.1, 0.15) is 5.69 Å². The molecule has 5 nitrogen and oxygen atoms in total. The first-order chi connectivity index (χ1) is 8.04. The van der Waals surface area contributed by atoms with Crippen LogP contribution in [-0.2, 0) is 11.2 Å². The van der Waals surface area contributed by atoms with E-state index >= 15 is 0 Å². The lowest BCUT2D eigenvalue weighted by atomic mass is 10.1. The summed E-state index contributed by atoms with van der Waals surface area (Å²) in [4.78, 5) is 23.8. The van der Waals surface area contributed by atoms with Gasteiger partial charge in [0.2, 0.25) is 5.91 Å². The van der Waals surface area contributed by atoms with E-state index in [2.05, 4.69) is 15.9 Å². The van der Waals surface area contributed by atoms with Crippen LogP contribution in [0.3, 0.4) is 0 Å². The van der Waals surface area contributed by atoms with Crippen molar-refractivity contribution < 1.29 is 9.72 Å². The number of benzene rings is 1. The zero-order valence-electron chi connectivity index (χ0n) is 9.27. The molecule has 6 heteroatoms. The quantitative estimate of drug-likeness (QED) is 0.623. The van der Waals surface area contributed by atoms with Crippen molar-refractivity contribution in [1.82, 2.24) is 0 Å². The molecule has 1 aliphatic rings. The average Bonchev–Trinajstić information content (AvgIpc) is 2.70. The minimum absolute atomic E-state index is 0.00586. The van der Waals surface area contributed by atoms with Crippen LogP contribution in [0.5, 0.6) is 0 Å². The Morgan fingerprint density at radius 1 is 1.59 bits per heavy atom. The number of carbonyl (C=O) groups excluding carboxylic acids is 1. The summed E-state index contributed by atoms with van der Waals surface area (Å²) in [6.45, 7) is 2.28. The van der Waals surface area contributed by atoms with Crippen molar-refractivity contribution in [2.75, 3.05) is 11.4 Å². The second-order valence-electron chi connectivity index (χ2n) is 3.84. The topological polar surface area (TPSA) is 63.5 Å². The highest BCUT2D eigenvalue weighted by Gasteiger charge is 2.31. The molecule has 2 rings (SSSR count). The van der Waals surface area contributed by atoms with Gasteiger partial charge in [-0.1, -0.05) is 22.9 Å². The minimum Gasteiger partial charge on any atom is -0.306 e. The molecule has 0 aromatic heterocycles. The van der Waals surface area contributed by atoms with Crippen molar-refractivity contribution in [2.24, 2.45) is 0 Å². The molecule has 90 valence electrons. The third-order valence-corrected chi connectivity index (χ3v) is 3.27. The van der Waals surface area contributed by atoms with E-state index in [9.17, 15) is 14.9 Å². The van der Waals surface area contributed by atoms with Crippen molar-refractivity contribution in [3.8, 4) is 0 Å². The number of hydrogen-bond donors (Lipinski definition) is 0. The average molecular weight is 299 g/mol. The molecule has 0 saturated carbocycles. The van der Waals surface area contributed by atoms with Gasteiger partial charge in [-0.05, 0) is 18.1 Å². The fraction of sp³-hybridized carbons (Fsp3) is 0.364. The maximum atomic E-state index is 11.7. The molecular formula is C11H11BrN2O3. The number of amides is 1. The van der Waals surface area contributed by atoms with E-state index in [1.165, 1.54) is 11.0 Å². The number of nitrogens with zero attached hydrogens (tertiary/aromatic N) is 2. The highest BCUT2D eigenvalue weighted by Crippen LogP contribution is 2.39. The molecule has 0 unspecified atom stereocenters. The standard InChI is InChI=1S/C11H11BrN2O3/c1-2-10(15)13-4-3-7-5-8(12)6-9(11(7)13)14(16)17/h5-6H,2-4H2,1H3. The summed E-state index contributed by atoms with van der Waals surface area (Å²) in [5.41, 5.74) is 1.31. The monoisotopic (exact) mass is 298 g/mol. The molecule has 0 radical (unpaired) electrons. The molecule has 1 amide bonds. The van der Waals surface area contributed by atoms with Crippen LogP contribution in [0, 0.1) is 10.1 Å². The van der Waals surface area contributed by atoms with E-state index < -0.39 is 4.92 Å². The third kappa shape index (κ3) is 2.04. The maximum Gasteiger partial charge on any atom is 0.294 e. The Kier molecular flexibility index (Phi) is 3.15. The summed E-state index contributed by atoms with van der Waals surface area (Å²) in [7, 11) is 0. The number of nitro groups is 1. The molecule has 0 atom stereocenters. The van der Waals surface area contributed by atoms with Crippen LogP contribution in [0.4, 0.5) is 11.4 Å². The molecule has 0 fully saturated rings. The second kappa shape index (κ2) is 4.44. The van der Waals surface area contributed by atoms with Crippen molar-refractivity contribution in [3.63, 3.8) is 0 Å². The van der Waals surface area contributed by atoms with Crippen LogP contribution in [0.25, 0.3) is 0 Å². The smallest absolute Gasteiger partial charge is 0.294 e. The van der Waals surface area contributed by atoms with Gasteiger partial charge in [0, 0.05) is 23.5 Å². The molecule has 0 spiro atoms. The summed E-state index contributed by atoms with van der Waals surface area (Å²) >= 11 is 3.25. The van der Waals surface area contributed by atoms with Gasteiger partial charge in [0.05, 0.1) is 4.92 Å². The van der Waals surface area contributed by atoms with Crippen LogP contribution >= 0.6 is 15.9 Å². The van der Waals surface area contributed by atoms with E-state index in [0.717, 1.165) is 5.56 Å². The lowest BCUT2D eigenvalue weighted by molar-refractivity contribution is -0.384. The molecule has 17 heavy (non-hydrogen) atoms. The Balaban J connectivity index is 2.57. The number of rotatable bonds is 2. The SMILES string of the molecule is CCC(=O)N1CCc2cc(Br)cc([N+](=O)[O-])c21. The van der Waals surface area contributed by atoms with Gasteiger partial charge in [0.25, 0.3) is 5.69 Å². The van der Waals surface area contributed by atoms with Gasteiger partial charge < -0.3 is 4.90 Å². The largest absolute Gasteiger partial charge is 0.306 e. The molecule has 0 saturated heterocycles. The maximum absolute atomic E-state index is 11.7. The van der Waals surface area contributed by atoms with Crippen molar-refractivity contribution in [2.45, 2.75) is 19.8 Å². The van der Waals surface area contributed by atoms with Crippen molar-refractivity contribution >= 4 is 33.2 Å². The summed E-state index contributed by atoms with van der Waals surface area (Å²) in [6.07, 6.45) is 1.02. The second-order valence-corrected chi connectivity index (χ2v) is 4.75. The molecule has 1 heterocycles. The summed E-state index contributed by atoms with van der Waals surface area (Å²) in [6, 6.07) is 3.28. The van der Waals surface area contributed by atoms with Crippen LogP contribution in [0.1, 0.15) is 18.9 Å². The Morgan fingerprint density at radius 2 is 2.29 bits per heavy atom. The highest BCUT2D eigenvalue weighted by molar-refractivity contribution is 9.10. The van der Waals surface area contributed by atoms with E-state index in [0.29, 0.717) is 29.5 Å². The predicted octanol–water partition coefficient (Wildman–Crippen LogP) is 2.66. The molecule has 0 aliphatic carbocycles. The molecule has 1 aliphatic heterocycles. The normalized spacial score (nSPS) is 13.6. The van der Waals surface area contributed by atoms with Crippen LogP contribution in [0.2, 0.25) is 0 Å². The molecule has 0 bridgehead atoms. The first-order valence-corrected chi connectivity index (χ1v) is 6.11. The summed E-state index contributed by atoms with van der Waals surface area (Å²) in [5, 5.41) is 11.0. The highest BCUT2D eigenvalue weighted by atomic mass is 79.9. The van der Waals surface area contributed by atoms with Crippen molar-refractivity contribution in [1.29, 1.82) is 0 Å². The van der Waals surface area contributed by atoms with Gasteiger partial charge in [-0.15, -0.1) is 0 Å². The molecule has 1 aromatic carbocycles. The summed E-state index contributed by atoms with van der Waals surface area (Å²) < 4.78 is 0.675. The van der Waals surface area contributed by atoms with E-state index in [-0.39, 0.29) is 11.6 Å². The van der Waals surface area contributed by atoms with E-state index in [1.807, 2.05) is 6.07 Å². The Labute approximate surface area is 107 Å². The Bertz CT molecular complexity index is 502. The third-order valence-electron chi connectivity index (χ3n) is 2.81. The van der Waals surface area contributed by atoms with E-state index in [4.69, 9.17) is 0 Å². The van der Waals surface area contributed by atoms with Gasteiger partial charge >= 0.3 is 0 Å². The van der Waals surface area contributed by atoms with Gasteiger partial charge in [-0.2, -0.15) is 0 Å². The lowest BCUT2D eigenvalue weighted by Crippen LogP contribution is -2.28. The molecule has 1 aromatic rings. The molecular weight excluding hydrogens is 288 g/mol. The predicted molar refractivity (Wildman–Crippen MR) is 67.1 cm³/mol. The first-order valence-electron chi connectivity index (χ1n) is 5.31. The van der Waals surface area contributed by atoms with Gasteiger partial charge in [-0.25, -0.2) is 0 Å². The number of nitro benzene ring substituents is 1. The van der Waals surface area contributed by atoms with Crippen LogP contribution in [0.15, 0.2) is 16.6 Å². The number of fused-ring (bicyclic) bond motifs is 1. The Morgan fingerprint density at radius 3 is 2.88 bits per heavy atom. The fourth-order valence-corrected chi connectivity index (χ4v) is 2.56. The lowest BCUT2D eigenvalue weighted by Gasteiger charge is -2.16. The van der Waals surface area contributed by atoms with Gasteiger partial charge in [0.15, 0.2) is 0 Å². The number of anilines is 1. The van der Waals surface area contributed by atoms with Crippen molar-refractivity contribution in [3.05, 3.63) is 32.3 Å². The zero-order valence-corrected chi connectivity index (χ0v) is 10.9.